The molecule has 3 rings (SSSR count). The number of nitrogens with one attached hydrogen (secondary N) is 1. The van der Waals surface area contributed by atoms with Gasteiger partial charge in [0, 0.05) is 5.41 Å². The molecule has 0 radical (unpaired) electrons. The van der Waals surface area contributed by atoms with Gasteiger partial charge in [-0.1, -0.05) is 38.0 Å². The van der Waals surface area contributed by atoms with Crippen molar-refractivity contribution < 1.29 is 24.0 Å². The van der Waals surface area contributed by atoms with Crippen LogP contribution < -0.4 is 5.32 Å². The zero-order valence-electron chi connectivity index (χ0n) is 15.3. The summed E-state index contributed by atoms with van der Waals surface area (Å²) in [5.41, 5.74) is 0.372. The van der Waals surface area contributed by atoms with E-state index in [4.69, 9.17) is 4.84 Å². The Morgan fingerprint density at radius 2 is 1.63 bits per heavy atom. The molecule has 0 unspecified atom stereocenters. The summed E-state index contributed by atoms with van der Waals surface area (Å²) >= 11 is 1.03. The van der Waals surface area contributed by atoms with E-state index in [-0.39, 0.29) is 21.9 Å². The minimum atomic E-state index is -0.830. The highest BCUT2D eigenvalue weighted by Gasteiger charge is 2.39. The molecule has 1 aliphatic rings. The van der Waals surface area contributed by atoms with Gasteiger partial charge in [0.2, 0.25) is 5.91 Å². The molecule has 0 spiro atoms. The van der Waals surface area contributed by atoms with E-state index in [2.05, 4.69) is 5.32 Å². The number of carbonyl (C=O) groups excluding carboxylic acids is 4. The molecule has 8 heteroatoms. The van der Waals surface area contributed by atoms with Crippen LogP contribution in [0.4, 0.5) is 5.00 Å². The molecule has 0 bridgehead atoms. The molecule has 27 heavy (non-hydrogen) atoms. The van der Waals surface area contributed by atoms with E-state index in [1.165, 1.54) is 12.1 Å². The molecule has 0 fully saturated rings. The molecular weight excluding hydrogens is 368 g/mol. The Morgan fingerprint density at radius 1 is 1.07 bits per heavy atom. The fourth-order valence-corrected chi connectivity index (χ4v) is 3.36. The molecule has 0 saturated carbocycles. The number of anilines is 1. The molecule has 3 amide bonds. The number of benzene rings is 1. The summed E-state index contributed by atoms with van der Waals surface area (Å²) in [7, 11) is 0. The van der Waals surface area contributed by atoms with Crippen LogP contribution >= 0.6 is 11.3 Å². The average molecular weight is 386 g/mol. The van der Waals surface area contributed by atoms with Gasteiger partial charge in [-0.2, -0.15) is 0 Å². The first-order valence-corrected chi connectivity index (χ1v) is 9.03. The first-order valence-electron chi connectivity index (χ1n) is 8.21. The number of nitrogens with zero attached hydrogens (tertiary/aromatic N) is 1. The number of thiophene rings is 1. The predicted molar refractivity (Wildman–Crippen MR) is 99.5 cm³/mol. The average Bonchev–Trinajstić information content (AvgIpc) is 3.07. The fourth-order valence-electron chi connectivity index (χ4n) is 2.42. The van der Waals surface area contributed by atoms with Crippen molar-refractivity contribution >= 4 is 40.0 Å². The Labute approximate surface area is 159 Å². The number of hydrogen-bond donors (Lipinski definition) is 1. The van der Waals surface area contributed by atoms with Gasteiger partial charge < -0.3 is 10.2 Å². The molecule has 0 saturated heterocycles. The maximum atomic E-state index is 12.5. The van der Waals surface area contributed by atoms with Crippen molar-refractivity contribution in [3.8, 4) is 0 Å². The second-order valence-corrected chi connectivity index (χ2v) is 8.21. The summed E-state index contributed by atoms with van der Waals surface area (Å²) in [5.74, 6) is -2.38. The van der Waals surface area contributed by atoms with E-state index < -0.39 is 23.2 Å². The zero-order chi connectivity index (χ0) is 19.9. The summed E-state index contributed by atoms with van der Waals surface area (Å²) in [5, 5.41) is 3.71. The molecule has 0 aliphatic carbocycles. The predicted octanol–water partition coefficient (Wildman–Crippen LogP) is 3.41. The molecule has 1 aliphatic heterocycles. The number of rotatable bonds is 3. The Morgan fingerprint density at radius 3 is 2.15 bits per heavy atom. The second-order valence-electron chi connectivity index (χ2n) is 7.16. The van der Waals surface area contributed by atoms with Gasteiger partial charge >= 0.3 is 5.97 Å². The normalized spacial score (nSPS) is 13.6. The Balaban J connectivity index is 1.77. The minimum Gasteiger partial charge on any atom is -0.323 e. The van der Waals surface area contributed by atoms with Crippen molar-refractivity contribution in [2.75, 3.05) is 5.32 Å². The lowest BCUT2D eigenvalue weighted by atomic mass is 9.96. The van der Waals surface area contributed by atoms with E-state index in [0.717, 1.165) is 11.3 Å². The molecule has 140 valence electrons. The quantitative estimate of drug-likeness (QED) is 0.816. The standard InChI is InChI=1S/C19H18N2O5S/c1-10-9-13(20-18(25)19(2,3)4)27-14(10)17(24)26-21-15(22)11-7-5-6-8-12(11)16(21)23/h5-9H,1-4H3,(H,20,25). The highest BCUT2D eigenvalue weighted by atomic mass is 32.1. The second kappa shape index (κ2) is 6.62. The zero-order valence-corrected chi connectivity index (χ0v) is 16.1. The van der Waals surface area contributed by atoms with E-state index in [0.29, 0.717) is 15.6 Å². The van der Waals surface area contributed by atoms with Crippen LogP contribution in [0.25, 0.3) is 0 Å². The minimum absolute atomic E-state index is 0.191. The van der Waals surface area contributed by atoms with Gasteiger partial charge in [0.25, 0.3) is 11.8 Å². The molecule has 2 heterocycles. The fraction of sp³-hybridized carbons (Fsp3) is 0.263. The maximum Gasteiger partial charge on any atom is 0.374 e. The van der Waals surface area contributed by atoms with Gasteiger partial charge in [-0.3, -0.25) is 14.4 Å². The lowest BCUT2D eigenvalue weighted by molar-refractivity contribution is -0.123. The summed E-state index contributed by atoms with van der Waals surface area (Å²) < 4.78 is 0. The van der Waals surface area contributed by atoms with Crippen molar-refractivity contribution in [2.24, 2.45) is 5.41 Å². The number of imide groups is 1. The van der Waals surface area contributed by atoms with Crippen LogP contribution in [0.2, 0.25) is 0 Å². The summed E-state index contributed by atoms with van der Waals surface area (Å²) in [4.78, 5) is 54.4. The highest BCUT2D eigenvalue weighted by molar-refractivity contribution is 7.18. The molecule has 0 atom stereocenters. The summed E-state index contributed by atoms with van der Waals surface area (Å²) in [6.45, 7) is 7.02. The maximum absolute atomic E-state index is 12.5. The first kappa shape index (κ1) is 18.8. The smallest absolute Gasteiger partial charge is 0.323 e. The molecule has 1 aromatic carbocycles. The number of hydroxylamine groups is 2. The van der Waals surface area contributed by atoms with Crippen LogP contribution in [0.5, 0.6) is 0 Å². The number of fused-ring (bicyclic) bond motifs is 1. The first-order chi connectivity index (χ1) is 12.6. The van der Waals surface area contributed by atoms with Crippen molar-refractivity contribution in [3.05, 3.63) is 51.9 Å². The van der Waals surface area contributed by atoms with Crippen molar-refractivity contribution in [2.45, 2.75) is 27.7 Å². The Bertz CT molecular complexity index is 936. The van der Waals surface area contributed by atoms with E-state index in [1.807, 2.05) is 0 Å². The van der Waals surface area contributed by atoms with Gasteiger partial charge in [0.05, 0.1) is 16.1 Å². The van der Waals surface area contributed by atoms with Crippen LogP contribution in [-0.4, -0.2) is 28.8 Å². The summed E-state index contributed by atoms with van der Waals surface area (Å²) in [6.07, 6.45) is 0. The topological polar surface area (TPSA) is 92.8 Å². The van der Waals surface area contributed by atoms with Crippen LogP contribution in [0.1, 0.15) is 56.7 Å². The lowest BCUT2D eigenvalue weighted by Crippen LogP contribution is -2.32. The van der Waals surface area contributed by atoms with Crippen molar-refractivity contribution in [1.29, 1.82) is 0 Å². The van der Waals surface area contributed by atoms with Crippen LogP contribution in [0.3, 0.4) is 0 Å². The van der Waals surface area contributed by atoms with Gasteiger partial charge in [-0.15, -0.1) is 11.3 Å². The lowest BCUT2D eigenvalue weighted by Gasteiger charge is -2.16. The van der Waals surface area contributed by atoms with Crippen molar-refractivity contribution in [3.63, 3.8) is 0 Å². The molecule has 1 N–H and O–H groups in total. The molecular formula is C19H18N2O5S. The number of hydrogen-bond acceptors (Lipinski definition) is 6. The third-order valence-electron chi connectivity index (χ3n) is 3.95. The van der Waals surface area contributed by atoms with Gasteiger partial charge in [0.1, 0.15) is 4.88 Å². The van der Waals surface area contributed by atoms with Gasteiger partial charge in [0.15, 0.2) is 0 Å². The number of aryl methyl sites for hydroxylation is 1. The van der Waals surface area contributed by atoms with Crippen LogP contribution in [0.15, 0.2) is 30.3 Å². The van der Waals surface area contributed by atoms with Crippen LogP contribution in [-0.2, 0) is 9.63 Å². The van der Waals surface area contributed by atoms with Gasteiger partial charge in [-0.05, 0) is 30.7 Å². The summed E-state index contributed by atoms with van der Waals surface area (Å²) in [6, 6.07) is 7.90. The number of amides is 3. The Kier molecular flexibility index (Phi) is 4.61. The van der Waals surface area contributed by atoms with Gasteiger partial charge in [-0.25, -0.2) is 4.79 Å². The third-order valence-corrected chi connectivity index (χ3v) is 5.08. The van der Waals surface area contributed by atoms with Crippen molar-refractivity contribution in [1.82, 2.24) is 5.06 Å². The Hall–Kier alpha value is -3.00. The molecule has 2 aromatic rings. The van der Waals surface area contributed by atoms with E-state index in [9.17, 15) is 19.2 Å². The largest absolute Gasteiger partial charge is 0.374 e. The highest BCUT2D eigenvalue weighted by Crippen LogP contribution is 2.30. The van der Waals surface area contributed by atoms with Crippen LogP contribution in [0, 0.1) is 12.3 Å². The monoisotopic (exact) mass is 386 g/mol. The van der Waals surface area contributed by atoms with E-state index in [1.54, 1.807) is 45.9 Å². The molecule has 7 nitrogen and oxygen atoms in total. The molecule has 1 aromatic heterocycles. The number of carbonyl (C=O) groups is 4. The third kappa shape index (κ3) is 3.48. The van der Waals surface area contributed by atoms with E-state index >= 15 is 0 Å². The SMILES string of the molecule is Cc1cc(NC(=O)C(C)(C)C)sc1C(=O)ON1C(=O)c2ccccc2C1=O.